The molecule has 3 aromatic rings. The van der Waals surface area contributed by atoms with Gasteiger partial charge in [0, 0.05) is 5.39 Å². The fourth-order valence-corrected chi connectivity index (χ4v) is 2.96. The van der Waals surface area contributed by atoms with Crippen molar-refractivity contribution in [3.63, 3.8) is 0 Å². The summed E-state index contributed by atoms with van der Waals surface area (Å²) in [5.74, 6) is 0.889. The van der Waals surface area contributed by atoms with Crippen LogP contribution in [0.15, 0.2) is 48.5 Å². The van der Waals surface area contributed by atoms with Crippen LogP contribution >= 0.6 is 0 Å². The molecule has 0 atom stereocenters. The van der Waals surface area contributed by atoms with Crippen molar-refractivity contribution < 1.29 is 4.74 Å². The number of benzene rings is 2. The Kier molecular flexibility index (Phi) is 3.25. The highest BCUT2D eigenvalue weighted by atomic mass is 16.5. The Morgan fingerprint density at radius 3 is 2.24 bits per heavy atom. The van der Waals surface area contributed by atoms with Crippen molar-refractivity contribution in [2.75, 3.05) is 7.11 Å². The number of hydrogen-bond acceptors (Lipinski definition) is 1. The lowest BCUT2D eigenvalue weighted by Gasteiger charge is -2.20. The van der Waals surface area contributed by atoms with Crippen LogP contribution in [-0.2, 0) is 5.41 Å². The average Bonchev–Trinajstić information content (AvgIpc) is 2.87. The number of methoxy groups -OCH3 is 1. The number of ether oxygens (including phenoxy) is 1. The third-order valence-corrected chi connectivity index (χ3v) is 3.83. The van der Waals surface area contributed by atoms with Crippen LogP contribution in [0, 0.1) is 0 Å². The van der Waals surface area contributed by atoms with Crippen molar-refractivity contribution >= 4 is 10.9 Å². The van der Waals surface area contributed by atoms with E-state index in [1.165, 1.54) is 22.2 Å². The number of H-pyrrole nitrogens is 1. The van der Waals surface area contributed by atoms with Crippen molar-refractivity contribution in [3.05, 3.63) is 54.1 Å². The van der Waals surface area contributed by atoms with E-state index < -0.39 is 0 Å². The second-order valence-corrected chi connectivity index (χ2v) is 6.37. The number of fused-ring (bicyclic) bond motifs is 1. The molecule has 0 saturated heterocycles. The van der Waals surface area contributed by atoms with E-state index in [0.717, 1.165) is 11.3 Å². The number of nitrogens with one attached hydrogen (secondary N) is 1. The van der Waals surface area contributed by atoms with Crippen LogP contribution in [-0.4, -0.2) is 12.1 Å². The molecule has 0 fully saturated rings. The maximum absolute atomic E-state index is 5.51. The minimum absolute atomic E-state index is 0.0514. The Morgan fingerprint density at radius 2 is 1.62 bits per heavy atom. The summed E-state index contributed by atoms with van der Waals surface area (Å²) in [4.78, 5) is 3.58. The van der Waals surface area contributed by atoms with Crippen molar-refractivity contribution in [1.82, 2.24) is 4.98 Å². The first kappa shape index (κ1) is 13.7. The normalized spacial score (nSPS) is 11.8. The molecule has 0 saturated carbocycles. The third-order valence-electron chi connectivity index (χ3n) is 3.83. The minimum atomic E-state index is 0.0514. The van der Waals surface area contributed by atoms with E-state index in [1.807, 2.05) is 12.1 Å². The Balaban J connectivity index is 2.39. The molecule has 0 bridgehead atoms. The highest BCUT2D eigenvalue weighted by Crippen LogP contribution is 2.40. The molecule has 0 aliphatic carbocycles. The van der Waals surface area contributed by atoms with Crippen molar-refractivity contribution in [2.24, 2.45) is 0 Å². The summed E-state index contributed by atoms with van der Waals surface area (Å²) in [5.41, 5.74) is 4.85. The molecule has 1 aromatic heterocycles. The molecule has 21 heavy (non-hydrogen) atoms. The van der Waals surface area contributed by atoms with Crippen LogP contribution in [0.3, 0.4) is 0 Å². The Bertz CT molecular complexity index is 763. The van der Waals surface area contributed by atoms with E-state index in [1.54, 1.807) is 7.11 Å². The summed E-state index contributed by atoms with van der Waals surface area (Å²) in [6.07, 6.45) is 0. The molecule has 0 aliphatic heterocycles. The van der Waals surface area contributed by atoms with Gasteiger partial charge in [-0.15, -0.1) is 0 Å². The SMILES string of the molecule is COc1cccc2c(C(C)(C)C)c(-c3ccccc3)[nH]c12. The number of aromatic amines is 1. The third kappa shape index (κ3) is 2.31. The van der Waals surface area contributed by atoms with Gasteiger partial charge in [0.15, 0.2) is 0 Å². The summed E-state index contributed by atoms with van der Waals surface area (Å²) in [5, 5.41) is 1.24. The molecule has 1 heterocycles. The molecule has 2 nitrogen and oxygen atoms in total. The van der Waals surface area contributed by atoms with E-state index in [9.17, 15) is 0 Å². The van der Waals surface area contributed by atoms with Gasteiger partial charge >= 0.3 is 0 Å². The lowest BCUT2D eigenvalue weighted by molar-refractivity contribution is 0.419. The number of rotatable bonds is 2. The zero-order chi connectivity index (χ0) is 15.0. The number of hydrogen-bond donors (Lipinski definition) is 1. The smallest absolute Gasteiger partial charge is 0.142 e. The number of aromatic nitrogens is 1. The molecule has 0 radical (unpaired) electrons. The minimum Gasteiger partial charge on any atom is -0.495 e. The monoisotopic (exact) mass is 279 g/mol. The van der Waals surface area contributed by atoms with Gasteiger partial charge in [0.05, 0.1) is 18.3 Å². The van der Waals surface area contributed by atoms with Gasteiger partial charge in [-0.1, -0.05) is 63.2 Å². The first-order valence-corrected chi connectivity index (χ1v) is 7.27. The van der Waals surface area contributed by atoms with Gasteiger partial charge in [0.1, 0.15) is 5.75 Å². The van der Waals surface area contributed by atoms with Crippen molar-refractivity contribution in [3.8, 4) is 17.0 Å². The average molecular weight is 279 g/mol. The Morgan fingerprint density at radius 1 is 0.905 bits per heavy atom. The molecule has 2 aromatic carbocycles. The van der Waals surface area contributed by atoms with Gasteiger partial charge in [0.2, 0.25) is 0 Å². The number of para-hydroxylation sites is 1. The topological polar surface area (TPSA) is 25.0 Å². The summed E-state index contributed by atoms with van der Waals surface area (Å²) in [7, 11) is 1.72. The molecule has 0 unspecified atom stereocenters. The lowest BCUT2D eigenvalue weighted by atomic mass is 9.83. The van der Waals surface area contributed by atoms with E-state index in [-0.39, 0.29) is 5.41 Å². The van der Waals surface area contributed by atoms with E-state index in [4.69, 9.17) is 4.74 Å². The predicted molar refractivity (Wildman–Crippen MR) is 89.0 cm³/mol. The van der Waals surface area contributed by atoms with Crippen LogP contribution in [0.2, 0.25) is 0 Å². The molecule has 0 amide bonds. The fraction of sp³-hybridized carbons (Fsp3) is 0.263. The van der Waals surface area contributed by atoms with Crippen LogP contribution in [0.5, 0.6) is 5.75 Å². The maximum Gasteiger partial charge on any atom is 0.142 e. The Labute approximate surface area is 125 Å². The van der Waals surface area contributed by atoms with Crippen LogP contribution in [0.4, 0.5) is 0 Å². The van der Waals surface area contributed by atoms with Crippen LogP contribution in [0.1, 0.15) is 26.3 Å². The van der Waals surface area contributed by atoms with Gasteiger partial charge in [-0.05, 0) is 22.6 Å². The first-order valence-electron chi connectivity index (χ1n) is 7.27. The van der Waals surface area contributed by atoms with Gasteiger partial charge in [-0.2, -0.15) is 0 Å². The summed E-state index contributed by atoms with van der Waals surface area (Å²) >= 11 is 0. The molecule has 108 valence electrons. The molecule has 0 spiro atoms. The van der Waals surface area contributed by atoms with Gasteiger partial charge < -0.3 is 9.72 Å². The summed E-state index contributed by atoms with van der Waals surface area (Å²) in [6.45, 7) is 6.75. The zero-order valence-corrected chi connectivity index (χ0v) is 13.0. The molecule has 1 N–H and O–H groups in total. The maximum atomic E-state index is 5.51. The second-order valence-electron chi connectivity index (χ2n) is 6.37. The largest absolute Gasteiger partial charge is 0.495 e. The molecule has 2 heteroatoms. The van der Waals surface area contributed by atoms with E-state index in [2.05, 4.69) is 62.2 Å². The predicted octanol–water partition coefficient (Wildman–Crippen LogP) is 5.14. The zero-order valence-electron chi connectivity index (χ0n) is 13.0. The highest BCUT2D eigenvalue weighted by Gasteiger charge is 2.25. The molecular weight excluding hydrogens is 258 g/mol. The van der Waals surface area contributed by atoms with Gasteiger partial charge in [-0.3, -0.25) is 0 Å². The molecular formula is C19H21NO. The fourth-order valence-electron chi connectivity index (χ4n) is 2.96. The summed E-state index contributed by atoms with van der Waals surface area (Å²) < 4.78 is 5.51. The van der Waals surface area contributed by atoms with E-state index >= 15 is 0 Å². The first-order chi connectivity index (χ1) is 10.0. The summed E-state index contributed by atoms with van der Waals surface area (Å²) in [6, 6.07) is 16.7. The quantitative estimate of drug-likeness (QED) is 0.690. The molecule has 3 rings (SSSR count). The van der Waals surface area contributed by atoms with Gasteiger partial charge in [-0.25, -0.2) is 0 Å². The van der Waals surface area contributed by atoms with Gasteiger partial charge in [0.25, 0.3) is 0 Å². The standard InChI is InChI=1S/C19H21NO/c1-19(2,3)16-14-11-8-12-15(21-4)18(14)20-17(16)13-9-6-5-7-10-13/h5-12,20H,1-4H3. The van der Waals surface area contributed by atoms with Crippen LogP contribution in [0.25, 0.3) is 22.2 Å². The van der Waals surface area contributed by atoms with Crippen molar-refractivity contribution in [1.29, 1.82) is 0 Å². The molecule has 0 aliphatic rings. The van der Waals surface area contributed by atoms with E-state index in [0.29, 0.717) is 0 Å². The van der Waals surface area contributed by atoms with Crippen molar-refractivity contribution in [2.45, 2.75) is 26.2 Å². The second kappa shape index (κ2) is 4.96. The Hall–Kier alpha value is -2.22. The lowest BCUT2D eigenvalue weighted by Crippen LogP contribution is -2.11. The van der Waals surface area contributed by atoms with Crippen LogP contribution < -0.4 is 4.74 Å². The highest BCUT2D eigenvalue weighted by molar-refractivity contribution is 5.95.